The summed E-state index contributed by atoms with van der Waals surface area (Å²) < 4.78 is 1.66. The number of aromatic nitrogens is 3. The summed E-state index contributed by atoms with van der Waals surface area (Å²) in [6.45, 7) is 2.29. The topological polar surface area (TPSA) is 47.8 Å². The van der Waals surface area contributed by atoms with Gasteiger partial charge in [0.05, 0.1) is 23.1 Å². The molecule has 0 saturated heterocycles. The van der Waals surface area contributed by atoms with Crippen molar-refractivity contribution in [2.75, 3.05) is 0 Å². The Balaban J connectivity index is 2.16. The maximum absolute atomic E-state index is 12.4. The largest absolute Gasteiger partial charge is 0.290 e. The predicted molar refractivity (Wildman–Crippen MR) is 74.1 cm³/mol. The van der Waals surface area contributed by atoms with Crippen molar-refractivity contribution in [2.24, 2.45) is 0 Å². The van der Waals surface area contributed by atoms with E-state index in [4.69, 9.17) is 0 Å². The number of hydrogen-bond acceptors (Lipinski definition) is 3. The molecule has 0 unspecified atom stereocenters. The van der Waals surface area contributed by atoms with E-state index < -0.39 is 0 Å². The average molecular weight is 251 g/mol. The SMILES string of the molecule is Cc1nc2ccccc2c(=O)n1Cc1ccccn1. The molecule has 0 aliphatic heterocycles. The number of rotatable bonds is 2. The number of nitrogens with zero attached hydrogens (tertiary/aromatic N) is 3. The molecule has 0 bridgehead atoms. The van der Waals surface area contributed by atoms with E-state index in [0.717, 1.165) is 11.2 Å². The van der Waals surface area contributed by atoms with Crippen molar-refractivity contribution in [1.82, 2.24) is 14.5 Å². The molecule has 4 heteroatoms. The van der Waals surface area contributed by atoms with Crippen molar-refractivity contribution >= 4 is 10.9 Å². The minimum Gasteiger partial charge on any atom is -0.290 e. The molecule has 0 spiro atoms. The van der Waals surface area contributed by atoms with Gasteiger partial charge in [0.2, 0.25) is 0 Å². The van der Waals surface area contributed by atoms with Crippen LogP contribution in [-0.4, -0.2) is 14.5 Å². The van der Waals surface area contributed by atoms with Gasteiger partial charge in [0, 0.05) is 6.20 Å². The summed E-state index contributed by atoms with van der Waals surface area (Å²) in [5, 5.41) is 0.643. The zero-order chi connectivity index (χ0) is 13.2. The van der Waals surface area contributed by atoms with Crippen LogP contribution in [0.15, 0.2) is 53.5 Å². The van der Waals surface area contributed by atoms with Gasteiger partial charge in [0.1, 0.15) is 5.82 Å². The Hall–Kier alpha value is -2.49. The number of aryl methyl sites for hydroxylation is 1. The number of pyridine rings is 1. The fraction of sp³-hybridized carbons (Fsp3) is 0.133. The Morgan fingerprint density at radius 1 is 1.11 bits per heavy atom. The molecule has 4 nitrogen and oxygen atoms in total. The number of fused-ring (bicyclic) bond motifs is 1. The zero-order valence-electron chi connectivity index (χ0n) is 10.6. The van der Waals surface area contributed by atoms with E-state index in [2.05, 4.69) is 9.97 Å². The van der Waals surface area contributed by atoms with Crippen LogP contribution in [-0.2, 0) is 6.54 Å². The molecule has 19 heavy (non-hydrogen) atoms. The van der Waals surface area contributed by atoms with Crippen LogP contribution in [0.5, 0.6) is 0 Å². The average Bonchev–Trinajstić information content (AvgIpc) is 2.45. The van der Waals surface area contributed by atoms with Crippen LogP contribution in [0.3, 0.4) is 0 Å². The lowest BCUT2D eigenvalue weighted by Crippen LogP contribution is -2.24. The van der Waals surface area contributed by atoms with Crippen LogP contribution in [0.25, 0.3) is 10.9 Å². The lowest BCUT2D eigenvalue weighted by molar-refractivity contribution is 0.697. The summed E-state index contributed by atoms with van der Waals surface area (Å²) in [5.41, 5.74) is 1.57. The van der Waals surface area contributed by atoms with E-state index in [0.29, 0.717) is 17.8 Å². The Kier molecular flexibility index (Phi) is 2.83. The van der Waals surface area contributed by atoms with Gasteiger partial charge in [0.25, 0.3) is 5.56 Å². The first-order valence-corrected chi connectivity index (χ1v) is 6.12. The monoisotopic (exact) mass is 251 g/mol. The second-order valence-corrected chi connectivity index (χ2v) is 4.39. The summed E-state index contributed by atoms with van der Waals surface area (Å²) in [5.74, 6) is 0.703. The Bertz CT molecular complexity index is 778. The van der Waals surface area contributed by atoms with Crippen molar-refractivity contribution < 1.29 is 0 Å². The molecule has 3 rings (SSSR count). The number of benzene rings is 1. The smallest absolute Gasteiger partial charge is 0.261 e. The minimum absolute atomic E-state index is 0.0197. The van der Waals surface area contributed by atoms with Gasteiger partial charge < -0.3 is 0 Å². The molecule has 0 amide bonds. The van der Waals surface area contributed by atoms with Crippen molar-refractivity contribution in [2.45, 2.75) is 13.5 Å². The molecule has 0 radical (unpaired) electrons. The first kappa shape index (κ1) is 11.6. The third-order valence-electron chi connectivity index (χ3n) is 3.10. The van der Waals surface area contributed by atoms with Gasteiger partial charge in [-0.15, -0.1) is 0 Å². The van der Waals surface area contributed by atoms with Crippen LogP contribution in [0.1, 0.15) is 11.5 Å². The highest BCUT2D eigenvalue weighted by Crippen LogP contribution is 2.08. The summed E-state index contributed by atoms with van der Waals surface area (Å²) >= 11 is 0. The highest BCUT2D eigenvalue weighted by Gasteiger charge is 2.08. The third-order valence-corrected chi connectivity index (χ3v) is 3.10. The standard InChI is InChI=1S/C15H13N3O/c1-11-17-14-8-3-2-7-13(14)15(19)18(11)10-12-6-4-5-9-16-12/h2-9H,10H2,1H3. The van der Waals surface area contributed by atoms with E-state index in [1.807, 2.05) is 43.3 Å². The first-order chi connectivity index (χ1) is 9.25. The molecule has 0 N–H and O–H groups in total. The Morgan fingerprint density at radius 3 is 2.68 bits per heavy atom. The summed E-state index contributed by atoms with van der Waals surface area (Å²) in [4.78, 5) is 21.2. The molecule has 0 fully saturated rings. The van der Waals surface area contributed by atoms with E-state index in [1.54, 1.807) is 16.8 Å². The zero-order valence-corrected chi connectivity index (χ0v) is 10.6. The lowest BCUT2D eigenvalue weighted by atomic mass is 10.2. The van der Waals surface area contributed by atoms with E-state index in [1.165, 1.54) is 0 Å². The van der Waals surface area contributed by atoms with Gasteiger partial charge in [-0.25, -0.2) is 4.98 Å². The van der Waals surface area contributed by atoms with Crippen molar-refractivity contribution in [1.29, 1.82) is 0 Å². The van der Waals surface area contributed by atoms with Crippen LogP contribution in [0, 0.1) is 6.92 Å². The number of hydrogen-bond donors (Lipinski definition) is 0. The molecule has 0 aliphatic carbocycles. The molecule has 1 aromatic carbocycles. The molecule has 0 aliphatic rings. The minimum atomic E-state index is -0.0197. The normalized spacial score (nSPS) is 10.8. The van der Waals surface area contributed by atoms with Gasteiger partial charge in [-0.3, -0.25) is 14.3 Å². The summed E-state index contributed by atoms with van der Waals surface area (Å²) in [6.07, 6.45) is 1.73. The number of para-hydroxylation sites is 1. The van der Waals surface area contributed by atoms with Crippen LogP contribution < -0.4 is 5.56 Å². The third kappa shape index (κ3) is 2.12. The quantitative estimate of drug-likeness (QED) is 0.701. The van der Waals surface area contributed by atoms with Gasteiger partial charge in [0.15, 0.2) is 0 Å². The lowest BCUT2D eigenvalue weighted by Gasteiger charge is -2.10. The van der Waals surface area contributed by atoms with Crippen molar-refractivity contribution in [3.05, 3.63) is 70.5 Å². The van der Waals surface area contributed by atoms with Crippen LogP contribution in [0.2, 0.25) is 0 Å². The van der Waals surface area contributed by atoms with E-state index in [9.17, 15) is 4.79 Å². The van der Waals surface area contributed by atoms with Crippen molar-refractivity contribution in [3.63, 3.8) is 0 Å². The molecule has 2 aromatic heterocycles. The van der Waals surface area contributed by atoms with Gasteiger partial charge in [-0.05, 0) is 31.2 Å². The Labute approximate surface area is 110 Å². The summed E-state index contributed by atoms with van der Waals surface area (Å²) in [6, 6.07) is 13.1. The van der Waals surface area contributed by atoms with E-state index >= 15 is 0 Å². The molecule has 2 heterocycles. The Morgan fingerprint density at radius 2 is 1.89 bits per heavy atom. The second-order valence-electron chi connectivity index (χ2n) is 4.39. The van der Waals surface area contributed by atoms with Crippen LogP contribution in [0.4, 0.5) is 0 Å². The highest BCUT2D eigenvalue weighted by atomic mass is 16.1. The molecule has 0 saturated carbocycles. The molecule has 94 valence electrons. The molecule has 0 atom stereocenters. The van der Waals surface area contributed by atoms with Gasteiger partial charge in [-0.2, -0.15) is 0 Å². The first-order valence-electron chi connectivity index (χ1n) is 6.12. The molecular formula is C15H13N3O. The van der Waals surface area contributed by atoms with Gasteiger partial charge >= 0.3 is 0 Å². The predicted octanol–water partition coefficient (Wildman–Crippen LogP) is 2.15. The fourth-order valence-corrected chi connectivity index (χ4v) is 2.12. The highest BCUT2D eigenvalue weighted by molar-refractivity contribution is 5.77. The maximum Gasteiger partial charge on any atom is 0.261 e. The fourth-order valence-electron chi connectivity index (χ4n) is 2.12. The van der Waals surface area contributed by atoms with E-state index in [-0.39, 0.29) is 5.56 Å². The summed E-state index contributed by atoms with van der Waals surface area (Å²) in [7, 11) is 0. The van der Waals surface area contributed by atoms with Gasteiger partial charge in [-0.1, -0.05) is 18.2 Å². The van der Waals surface area contributed by atoms with Crippen molar-refractivity contribution in [3.8, 4) is 0 Å². The second kappa shape index (κ2) is 4.65. The molecule has 3 aromatic rings. The van der Waals surface area contributed by atoms with Crippen LogP contribution >= 0.6 is 0 Å². The molecular weight excluding hydrogens is 238 g/mol. The maximum atomic E-state index is 12.4.